The highest BCUT2D eigenvalue weighted by Gasteiger charge is 2.43. The number of anilines is 1. The van der Waals surface area contributed by atoms with Crippen molar-refractivity contribution in [1.29, 1.82) is 0 Å². The summed E-state index contributed by atoms with van der Waals surface area (Å²) in [4.78, 5) is 28.6. The van der Waals surface area contributed by atoms with Crippen LogP contribution in [0, 0.1) is 0 Å². The summed E-state index contributed by atoms with van der Waals surface area (Å²) in [6.45, 7) is 4.89. The number of tetrazole rings is 1. The van der Waals surface area contributed by atoms with E-state index in [1.54, 1.807) is 37.3 Å². The van der Waals surface area contributed by atoms with Crippen LogP contribution >= 0.6 is 0 Å². The Labute approximate surface area is 177 Å². The number of rotatable bonds is 8. The van der Waals surface area contributed by atoms with Gasteiger partial charge >= 0.3 is 5.69 Å². The minimum Gasteiger partial charge on any atom is -0.358 e. The number of benzene rings is 1. The molecule has 1 aromatic carbocycles. The quantitative estimate of drug-likeness (QED) is 0.614. The molecule has 1 saturated heterocycles. The van der Waals surface area contributed by atoms with E-state index in [0.29, 0.717) is 38.4 Å². The average molecular weight is 408 g/mol. The predicted molar refractivity (Wildman–Crippen MR) is 110 cm³/mol. The van der Waals surface area contributed by atoms with Gasteiger partial charge in [0.25, 0.3) is 0 Å². The molecular weight excluding hydrogens is 372 g/mol. The van der Waals surface area contributed by atoms with E-state index in [9.17, 15) is 9.59 Å². The van der Waals surface area contributed by atoms with Crippen molar-refractivity contribution in [3.05, 3.63) is 40.8 Å². The zero-order valence-corrected chi connectivity index (χ0v) is 16.7. The van der Waals surface area contributed by atoms with Gasteiger partial charge in [-0.05, 0) is 29.5 Å². The molecule has 0 saturated carbocycles. The first-order chi connectivity index (χ1) is 15.9. The molecule has 1 amide bonds. The number of nitrogens with zero attached hydrogens (tertiary/aromatic N) is 6. The van der Waals surface area contributed by atoms with E-state index in [4.69, 9.17) is 11.6 Å². The maximum absolute atomic E-state index is 13.2. The SMILES string of the molecule is [2H]C([2H])([2H])OC1(N(C(=O)C([2H])([2H])C)c2ccccc2)CCN(CCn2nnn(CC)c2=O)CC1. The Morgan fingerprint density at radius 3 is 2.48 bits per heavy atom. The minimum atomic E-state index is -2.80. The molecule has 0 radical (unpaired) electrons. The van der Waals surface area contributed by atoms with Gasteiger partial charge < -0.3 is 9.64 Å². The van der Waals surface area contributed by atoms with Gasteiger partial charge in [0, 0.05) is 60.9 Å². The van der Waals surface area contributed by atoms with Gasteiger partial charge in [0.1, 0.15) is 5.72 Å². The monoisotopic (exact) mass is 407 g/mol. The molecule has 0 N–H and O–H groups in total. The second-order valence-electron chi connectivity index (χ2n) is 6.92. The molecule has 0 unspecified atom stereocenters. The highest BCUT2D eigenvalue weighted by Crippen LogP contribution is 2.34. The van der Waals surface area contributed by atoms with Crippen LogP contribution in [0.5, 0.6) is 0 Å². The maximum Gasteiger partial charge on any atom is 0.363 e. The smallest absolute Gasteiger partial charge is 0.358 e. The lowest BCUT2D eigenvalue weighted by Crippen LogP contribution is -2.59. The van der Waals surface area contributed by atoms with Crippen LogP contribution in [0.2, 0.25) is 0 Å². The number of methoxy groups -OCH3 is 1. The van der Waals surface area contributed by atoms with Gasteiger partial charge in [-0.2, -0.15) is 9.36 Å². The van der Waals surface area contributed by atoms with Gasteiger partial charge in [-0.1, -0.05) is 25.1 Å². The van der Waals surface area contributed by atoms with Gasteiger partial charge in [-0.15, -0.1) is 0 Å². The molecule has 0 atom stereocenters. The normalized spacial score (nSPS) is 20.1. The summed E-state index contributed by atoms with van der Waals surface area (Å²) >= 11 is 0. The van der Waals surface area contributed by atoms with Crippen LogP contribution in [0.15, 0.2) is 35.1 Å². The molecule has 9 nitrogen and oxygen atoms in total. The third-order valence-corrected chi connectivity index (χ3v) is 5.29. The van der Waals surface area contributed by atoms with Crippen molar-refractivity contribution >= 4 is 11.6 Å². The molecule has 1 fully saturated rings. The molecule has 2 aromatic rings. The van der Waals surface area contributed by atoms with Crippen LogP contribution in [-0.2, 0) is 22.6 Å². The Hall–Kier alpha value is -2.52. The molecule has 2 heterocycles. The lowest BCUT2D eigenvalue weighted by molar-refractivity contribution is -0.128. The number of likely N-dealkylation sites (tertiary alicyclic amines) is 1. The number of aromatic nitrogens is 4. The first kappa shape index (κ1) is 15.3. The zero-order valence-electron chi connectivity index (χ0n) is 21.7. The van der Waals surface area contributed by atoms with Gasteiger partial charge in [0.05, 0.1) is 10.7 Å². The van der Waals surface area contributed by atoms with Gasteiger partial charge in [-0.3, -0.25) is 9.69 Å². The first-order valence-corrected chi connectivity index (χ1v) is 9.69. The van der Waals surface area contributed by atoms with Crippen LogP contribution < -0.4 is 10.6 Å². The van der Waals surface area contributed by atoms with Crippen molar-refractivity contribution in [3.8, 4) is 0 Å². The lowest BCUT2D eigenvalue weighted by atomic mass is 9.96. The van der Waals surface area contributed by atoms with Crippen molar-refractivity contribution in [2.24, 2.45) is 0 Å². The molecule has 9 heteroatoms. The van der Waals surface area contributed by atoms with E-state index in [1.807, 2.05) is 4.90 Å². The van der Waals surface area contributed by atoms with Crippen LogP contribution in [0.3, 0.4) is 0 Å². The van der Waals surface area contributed by atoms with Gasteiger partial charge in [0.2, 0.25) is 5.91 Å². The number of hydrogen-bond acceptors (Lipinski definition) is 6. The first-order valence-electron chi connectivity index (χ1n) is 12.2. The maximum atomic E-state index is 13.2. The van der Waals surface area contributed by atoms with E-state index < -0.39 is 25.0 Å². The third kappa shape index (κ3) is 4.40. The number of amides is 1. The van der Waals surface area contributed by atoms with Crippen molar-refractivity contribution < 1.29 is 16.4 Å². The van der Waals surface area contributed by atoms with Crippen LogP contribution in [0.25, 0.3) is 0 Å². The molecule has 29 heavy (non-hydrogen) atoms. The Morgan fingerprint density at radius 2 is 1.90 bits per heavy atom. The Morgan fingerprint density at radius 1 is 1.21 bits per heavy atom. The van der Waals surface area contributed by atoms with Crippen molar-refractivity contribution in [2.75, 3.05) is 31.6 Å². The summed E-state index contributed by atoms with van der Waals surface area (Å²) in [7, 11) is -2.80. The number of carbonyl (C=O) groups is 1. The summed E-state index contributed by atoms with van der Waals surface area (Å²) in [5.74, 6) is -0.876. The van der Waals surface area contributed by atoms with E-state index in [0.717, 1.165) is 11.8 Å². The Bertz CT molecular complexity index is 1030. The molecule has 3 rings (SSSR count). The number of ether oxygens (including phenoxy) is 1. The number of aryl methyl sites for hydroxylation is 1. The van der Waals surface area contributed by atoms with Gasteiger partial charge in [-0.25, -0.2) is 4.79 Å². The molecule has 1 aliphatic rings. The number of para-hydroxylation sites is 1. The number of carbonyl (C=O) groups excluding carboxylic acids is 1. The summed E-state index contributed by atoms with van der Waals surface area (Å²) in [5.41, 5.74) is -1.50. The fourth-order valence-electron chi connectivity index (χ4n) is 3.61. The van der Waals surface area contributed by atoms with Crippen LogP contribution in [0.4, 0.5) is 5.69 Å². The number of piperidine rings is 1. The molecule has 0 bridgehead atoms. The van der Waals surface area contributed by atoms with Gasteiger partial charge in [0.15, 0.2) is 0 Å². The fraction of sp³-hybridized carbons (Fsp3) is 0.600. The van der Waals surface area contributed by atoms with Crippen molar-refractivity contribution in [1.82, 2.24) is 24.7 Å². The highest BCUT2D eigenvalue weighted by molar-refractivity contribution is 5.94. The second kappa shape index (κ2) is 9.32. The fourth-order valence-corrected chi connectivity index (χ4v) is 3.61. The lowest BCUT2D eigenvalue weighted by Gasteiger charge is -2.47. The predicted octanol–water partition coefficient (Wildman–Crippen LogP) is 1.34. The van der Waals surface area contributed by atoms with E-state index in [2.05, 4.69) is 10.4 Å². The van der Waals surface area contributed by atoms with E-state index in [-0.39, 0.29) is 18.5 Å². The van der Waals surface area contributed by atoms with Crippen LogP contribution in [0.1, 0.15) is 39.9 Å². The van der Waals surface area contributed by atoms with Crippen LogP contribution in [-0.4, -0.2) is 63.0 Å². The van der Waals surface area contributed by atoms with E-state index >= 15 is 0 Å². The van der Waals surface area contributed by atoms with E-state index in [1.165, 1.54) is 9.36 Å². The van der Waals surface area contributed by atoms with Crippen molar-refractivity contribution in [3.63, 3.8) is 0 Å². The Kier molecular flexibility index (Phi) is 4.93. The molecule has 1 aliphatic heterocycles. The number of hydrogen-bond donors (Lipinski definition) is 0. The highest BCUT2D eigenvalue weighted by atomic mass is 16.5. The zero-order chi connectivity index (χ0) is 25.1. The summed E-state index contributed by atoms with van der Waals surface area (Å²) in [5, 5.41) is 7.66. The topological polar surface area (TPSA) is 85.5 Å². The third-order valence-electron chi connectivity index (χ3n) is 5.29. The van der Waals surface area contributed by atoms with Crippen molar-refractivity contribution in [2.45, 2.75) is 51.9 Å². The molecule has 1 aromatic heterocycles. The summed E-state index contributed by atoms with van der Waals surface area (Å²) < 4.78 is 47.4. The Balaban J connectivity index is 1.85. The molecule has 158 valence electrons. The summed E-state index contributed by atoms with van der Waals surface area (Å²) in [6.07, 6.45) is -1.97. The minimum absolute atomic E-state index is 0.138. The summed E-state index contributed by atoms with van der Waals surface area (Å²) in [6, 6.07) is 8.40. The molecule has 0 spiro atoms. The largest absolute Gasteiger partial charge is 0.363 e. The molecular formula is C20H30N6O3. The standard InChI is InChI=1S/C20H30N6O3/c1-4-18(27)26(17-9-7-6-8-10-17)20(29-3)11-13-23(14-12-20)15-16-25-19(28)24(5-2)21-22-25/h6-10H,4-5,11-16H2,1-3H3/i3D3,4D2. The average Bonchev–Trinajstić information content (AvgIpc) is 3.12. The second-order valence-corrected chi connectivity index (χ2v) is 6.92. The molecule has 0 aliphatic carbocycles.